The van der Waals surface area contributed by atoms with E-state index in [1.807, 2.05) is 23.9 Å². The lowest BCUT2D eigenvalue weighted by atomic mass is 10.1. The summed E-state index contributed by atoms with van der Waals surface area (Å²) in [6.45, 7) is 8.61. The van der Waals surface area contributed by atoms with Gasteiger partial charge in [-0.1, -0.05) is 0 Å². The number of imidazole rings is 1. The Labute approximate surface area is 182 Å². The van der Waals surface area contributed by atoms with Crippen molar-refractivity contribution in [1.29, 1.82) is 5.26 Å². The zero-order chi connectivity index (χ0) is 18.1. The number of allylic oxidation sites excluding steroid dienone is 3. The highest BCUT2D eigenvalue weighted by Crippen LogP contribution is 2.31. The van der Waals surface area contributed by atoms with Gasteiger partial charge >= 0.3 is 0 Å². The van der Waals surface area contributed by atoms with Gasteiger partial charge < -0.3 is 28.9 Å². The number of aromatic nitrogens is 2. The van der Waals surface area contributed by atoms with Crippen molar-refractivity contribution in [1.82, 2.24) is 9.47 Å². The highest BCUT2D eigenvalue weighted by molar-refractivity contribution is 8.03. The minimum absolute atomic E-state index is 0. The van der Waals surface area contributed by atoms with Crippen LogP contribution in [0.4, 0.5) is 0 Å². The molecule has 0 bridgehead atoms. The molecule has 2 aliphatic rings. The molecule has 142 valence electrons. The second-order valence-corrected chi connectivity index (χ2v) is 7.88. The van der Waals surface area contributed by atoms with Crippen LogP contribution in [0.5, 0.6) is 0 Å². The molecule has 4 rings (SSSR count). The molecule has 0 unspecified atom stereocenters. The molecule has 0 saturated carbocycles. The fraction of sp³-hybridized carbons (Fsp3) is 0.429. The number of hydrogen-bond acceptors (Lipinski definition) is 3. The molecule has 0 spiro atoms. The van der Waals surface area contributed by atoms with Crippen molar-refractivity contribution in [2.24, 2.45) is 0 Å². The molecule has 1 aromatic carbocycles. The predicted molar refractivity (Wildman–Crippen MR) is 108 cm³/mol. The summed E-state index contributed by atoms with van der Waals surface area (Å²) in [5, 5.41) is 10.7. The molecule has 6 heteroatoms. The molecule has 0 radical (unpaired) electrons. The van der Waals surface area contributed by atoms with Crippen LogP contribution in [0.15, 0.2) is 35.4 Å². The zero-order valence-electron chi connectivity index (χ0n) is 15.9. The first-order valence-electron chi connectivity index (χ1n) is 9.52. The third kappa shape index (κ3) is 3.64. The van der Waals surface area contributed by atoms with Crippen LogP contribution in [0.25, 0.3) is 16.6 Å². The van der Waals surface area contributed by atoms with Gasteiger partial charge in [-0.2, -0.15) is 5.26 Å². The smallest absolute Gasteiger partial charge is 0.285 e. The van der Waals surface area contributed by atoms with Crippen LogP contribution in [0.2, 0.25) is 0 Å². The number of benzene rings is 1. The molecule has 1 aromatic heterocycles. The van der Waals surface area contributed by atoms with E-state index < -0.39 is 0 Å². The lowest BCUT2D eigenvalue weighted by molar-refractivity contribution is -0.678. The quantitative estimate of drug-likeness (QED) is 0.473. The van der Waals surface area contributed by atoms with Crippen molar-refractivity contribution >= 4 is 28.4 Å². The molecule has 3 heterocycles. The van der Waals surface area contributed by atoms with E-state index in [0.29, 0.717) is 0 Å². The van der Waals surface area contributed by atoms with E-state index in [4.69, 9.17) is 0 Å². The lowest BCUT2D eigenvalue weighted by Gasteiger charge is -2.16. The van der Waals surface area contributed by atoms with Gasteiger partial charge in [-0.15, -0.1) is 11.8 Å². The van der Waals surface area contributed by atoms with Gasteiger partial charge in [0.25, 0.3) is 5.82 Å². The Morgan fingerprint density at radius 2 is 2.11 bits per heavy atom. The number of nitriles is 1. The maximum atomic E-state index is 9.28. The van der Waals surface area contributed by atoms with Crippen molar-refractivity contribution in [2.45, 2.75) is 39.8 Å². The molecule has 0 atom stereocenters. The summed E-state index contributed by atoms with van der Waals surface area (Å²) >= 11 is 1.96. The number of hydrogen-bond donors (Lipinski definition) is 0. The largest absolute Gasteiger partial charge is 1.00 e. The van der Waals surface area contributed by atoms with Gasteiger partial charge in [0.1, 0.15) is 0 Å². The van der Waals surface area contributed by atoms with Gasteiger partial charge in [-0.25, -0.2) is 9.13 Å². The maximum absolute atomic E-state index is 9.28. The second-order valence-electron chi connectivity index (χ2n) is 6.76. The average molecular weight is 492 g/mol. The second kappa shape index (κ2) is 8.70. The van der Waals surface area contributed by atoms with Crippen molar-refractivity contribution < 1.29 is 28.5 Å². The van der Waals surface area contributed by atoms with Gasteiger partial charge in [0.2, 0.25) is 0 Å². The average Bonchev–Trinajstić information content (AvgIpc) is 3.27. The van der Waals surface area contributed by atoms with Crippen LogP contribution in [0, 0.1) is 11.3 Å². The van der Waals surface area contributed by atoms with E-state index in [0.717, 1.165) is 38.2 Å². The zero-order valence-corrected chi connectivity index (χ0v) is 18.9. The molecule has 0 aliphatic carbocycles. The van der Waals surface area contributed by atoms with E-state index in [2.05, 4.69) is 52.2 Å². The number of rotatable bonds is 3. The highest BCUT2D eigenvalue weighted by Gasteiger charge is 2.30. The molecule has 1 fully saturated rings. The van der Waals surface area contributed by atoms with E-state index >= 15 is 0 Å². The van der Waals surface area contributed by atoms with Gasteiger partial charge in [0.05, 0.1) is 29.8 Å². The first kappa shape index (κ1) is 20.3. The fourth-order valence-electron chi connectivity index (χ4n) is 4.10. The van der Waals surface area contributed by atoms with Crippen LogP contribution < -0.4 is 28.5 Å². The Morgan fingerprint density at radius 3 is 2.85 bits per heavy atom. The van der Waals surface area contributed by atoms with Crippen molar-refractivity contribution in [2.75, 3.05) is 18.8 Å². The normalized spacial score (nSPS) is 19.4. The Hall–Kier alpha value is -1.46. The third-order valence-electron chi connectivity index (χ3n) is 5.36. The van der Waals surface area contributed by atoms with Crippen molar-refractivity contribution in [3.63, 3.8) is 0 Å². The summed E-state index contributed by atoms with van der Waals surface area (Å²) < 4.78 is 4.81. The SMILES string of the molecule is CCN1CCSC1=CC=C1CCC[n+]2c1n(CC)c1cc(C#N)ccc12.[I-]. The summed E-state index contributed by atoms with van der Waals surface area (Å²) in [7, 11) is 0. The monoisotopic (exact) mass is 492 g/mol. The molecule has 4 nitrogen and oxygen atoms in total. The van der Waals surface area contributed by atoms with E-state index in [1.54, 1.807) is 0 Å². The molecule has 0 N–H and O–H groups in total. The predicted octanol–water partition coefficient (Wildman–Crippen LogP) is 0.912. The standard InChI is InChI=1S/C21H25N4S.HI/c1-3-23-12-13-26-20(23)10-8-17-6-5-11-25-18-9-7-16(15-22)14-19(18)24(4-2)21(17)25;/h7-10,14H,3-6,11-13H2,1-2H3;1H/q+1;/p-1. The summed E-state index contributed by atoms with van der Waals surface area (Å²) in [5.41, 5.74) is 4.55. The Bertz CT molecular complexity index is 951. The number of halogens is 1. The van der Waals surface area contributed by atoms with E-state index in [9.17, 15) is 5.26 Å². The maximum Gasteiger partial charge on any atom is 0.285 e. The van der Waals surface area contributed by atoms with Crippen LogP contribution in [0.3, 0.4) is 0 Å². The van der Waals surface area contributed by atoms with Crippen molar-refractivity contribution in [3.05, 3.63) is 46.8 Å². The summed E-state index contributed by atoms with van der Waals surface area (Å²) in [6, 6.07) is 8.36. The molecule has 0 amide bonds. The lowest BCUT2D eigenvalue weighted by Crippen LogP contribution is -3.00. The van der Waals surface area contributed by atoms with Crippen LogP contribution >= 0.6 is 11.8 Å². The molecule has 1 saturated heterocycles. The molecular weight excluding hydrogens is 467 g/mol. The Kier molecular flexibility index (Phi) is 6.53. The molecule has 2 aromatic rings. The Morgan fingerprint density at radius 1 is 1.26 bits per heavy atom. The van der Waals surface area contributed by atoms with E-state index in [-0.39, 0.29) is 24.0 Å². The first-order valence-corrected chi connectivity index (χ1v) is 10.5. The summed E-state index contributed by atoms with van der Waals surface area (Å²) in [5.74, 6) is 2.50. The van der Waals surface area contributed by atoms with Gasteiger partial charge in [0, 0.05) is 30.5 Å². The number of nitrogens with zero attached hydrogens (tertiary/aromatic N) is 4. The number of fused-ring (bicyclic) bond motifs is 3. The number of thioether (sulfide) groups is 1. The van der Waals surface area contributed by atoms with E-state index in [1.165, 1.54) is 39.6 Å². The van der Waals surface area contributed by atoms with Gasteiger partial charge in [-0.3, -0.25) is 0 Å². The minimum atomic E-state index is 0. The molecular formula is C21H25IN4S. The van der Waals surface area contributed by atoms with Crippen molar-refractivity contribution in [3.8, 4) is 6.07 Å². The molecule has 2 aliphatic heterocycles. The first-order chi connectivity index (χ1) is 12.8. The van der Waals surface area contributed by atoms with Crippen LogP contribution in [-0.2, 0) is 13.1 Å². The summed E-state index contributed by atoms with van der Waals surface area (Å²) in [4.78, 5) is 2.45. The highest BCUT2D eigenvalue weighted by atomic mass is 127. The van der Waals surface area contributed by atoms with Crippen LogP contribution in [-0.4, -0.2) is 28.3 Å². The Balaban J connectivity index is 0.00000210. The van der Waals surface area contributed by atoms with Crippen LogP contribution in [0.1, 0.15) is 38.1 Å². The topological polar surface area (TPSA) is 35.8 Å². The van der Waals surface area contributed by atoms with Gasteiger partial charge in [0.15, 0.2) is 11.0 Å². The third-order valence-corrected chi connectivity index (χ3v) is 6.44. The molecule has 27 heavy (non-hydrogen) atoms. The number of aryl methyl sites for hydroxylation is 2. The summed E-state index contributed by atoms with van der Waals surface area (Å²) in [6.07, 6.45) is 6.92. The van der Waals surface area contributed by atoms with Gasteiger partial charge in [-0.05, 0) is 51.0 Å². The minimum Gasteiger partial charge on any atom is -1.00 e. The fourth-order valence-corrected chi connectivity index (χ4v) is 5.19.